The Morgan fingerprint density at radius 3 is 2.74 bits per heavy atom. The van der Waals surface area contributed by atoms with E-state index < -0.39 is 11.9 Å². The molecule has 4 nitrogen and oxygen atoms in total. The van der Waals surface area contributed by atoms with Crippen molar-refractivity contribution >= 4 is 35.2 Å². The number of thioether (sulfide) groups is 1. The molecule has 1 rings (SSSR count). The molecule has 19 heavy (non-hydrogen) atoms. The Labute approximate surface area is 121 Å². The Balaban J connectivity index is 2.83. The summed E-state index contributed by atoms with van der Waals surface area (Å²) in [7, 11) is 0. The monoisotopic (exact) mass is 301 g/mol. The largest absolute Gasteiger partial charge is 0.478 e. The number of nitrogens with one attached hydrogen (secondary N) is 1. The van der Waals surface area contributed by atoms with Gasteiger partial charge in [-0.05, 0) is 17.9 Å². The van der Waals surface area contributed by atoms with Gasteiger partial charge in [-0.3, -0.25) is 4.79 Å². The first-order valence-corrected chi connectivity index (χ1v) is 7.31. The zero-order valence-electron chi connectivity index (χ0n) is 10.8. The molecule has 1 atom stereocenters. The Morgan fingerprint density at radius 2 is 2.16 bits per heavy atom. The lowest BCUT2D eigenvalue weighted by Gasteiger charge is -2.12. The van der Waals surface area contributed by atoms with Gasteiger partial charge in [-0.15, -0.1) is 0 Å². The summed E-state index contributed by atoms with van der Waals surface area (Å²) >= 11 is 7.54. The van der Waals surface area contributed by atoms with Gasteiger partial charge in [-0.2, -0.15) is 11.8 Å². The van der Waals surface area contributed by atoms with Gasteiger partial charge in [0.15, 0.2) is 0 Å². The predicted octanol–water partition coefficient (Wildman–Crippen LogP) is 2.91. The second-order valence-corrected chi connectivity index (χ2v) is 6.07. The van der Waals surface area contributed by atoms with Crippen molar-refractivity contribution in [2.45, 2.75) is 19.1 Å². The fraction of sp³-hybridized carbons (Fsp3) is 0.385. The summed E-state index contributed by atoms with van der Waals surface area (Å²) in [5.74, 6) is -0.649. The van der Waals surface area contributed by atoms with E-state index in [1.54, 1.807) is 17.8 Å². The van der Waals surface area contributed by atoms with E-state index >= 15 is 0 Å². The second-order valence-electron chi connectivity index (χ2n) is 3.94. The molecule has 104 valence electrons. The Hall–Kier alpha value is -1.20. The third-order valence-corrected chi connectivity index (χ3v) is 3.86. The molecule has 0 bridgehead atoms. The summed E-state index contributed by atoms with van der Waals surface area (Å²) in [4.78, 5) is 23.1. The summed E-state index contributed by atoms with van der Waals surface area (Å²) in [5, 5.41) is 12.2. The molecule has 0 aliphatic rings. The number of hydrogen-bond acceptors (Lipinski definition) is 3. The van der Waals surface area contributed by atoms with Crippen LogP contribution in [0.15, 0.2) is 18.2 Å². The smallest absolute Gasteiger partial charge is 0.338 e. The van der Waals surface area contributed by atoms with Crippen LogP contribution in [0.25, 0.3) is 0 Å². The van der Waals surface area contributed by atoms with E-state index in [9.17, 15) is 9.59 Å². The molecule has 2 N–H and O–H groups in total. The van der Waals surface area contributed by atoms with Gasteiger partial charge in [-0.1, -0.05) is 31.5 Å². The van der Waals surface area contributed by atoms with Crippen LogP contribution < -0.4 is 5.32 Å². The molecule has 1 amide bonds. The van der Waals surface area contributed by atoms with Gasteiger partial charge < -0.3 is 10.4 Å². The van der Waals surface area contributed by atoms with Gasteiger partial charge in [0.1, 0.15) is 0 Å². The first-order valence-electron chi connectivity index (χ1n) is 5.89. The van der Waals surface area contributed by atoms with Gasteiger partial charge in [0, 0.05) is 11.8 Å². The molecule has 0 aliphatic carbocycles. The molecule has 0 saturated heterocycles. The van der Waals surface area contributed by atoms with E-state index in [0.29, 0.717) is 6.54 Å². The molecule has 0 fully saturated rings. The molecule has 0 saturated carbocycles. The second kappa shape index (κ2) is 7.40. The van der Waals surface area contributed by atoms with Crippen LogP contribution in [0.2, 0.25) is 5.02 Å². The van der Waals surface area contributed by atoms with Crippen molar-refractivity contribution < 1.29 is 14.7 Å². The van der Waals surface area contributed by atoms with Gasteiger partial charge in [0.25, 0.3) is 5.91 Å². The van der Waals surface area contributed by atoms with Gasteiger partial charge in [-0.25, -0.2) is 4.79 Å². The molecular weight excluding hydrogens is 286 g/mol. The van der Waals surface area contributed by atoms with Crippen LogP contribution in [-0.2, 0) is 0 Å². The van der Waals surface area contributed by atoms with E-state index in [1.807, 2.05) is 13.8 Å². The van der Waals surface area contributed by atoms with E-state index in [4.69, 9.17) is 16.7 Å². The van der Waals surface area contributed by atoms with Crippen LogP contribution >= 0.6 is 23.4 Å². The van der Waals surface area contributed by atoms with Crippen molar-refractivity contribution in [2.24, 2.45) is 0 Å². The highest BCUT2D eigenvalue weighted by Crippen LogP contribution is 2.20. The molecule has 0 heterocycles. The van der Waals surface area contributed by atoms with Crippen LogP contribution in [0.4, 0.5) is 0 Å². The Morgan fingerprint density at radius 1 is 1.47 bits per heavy atom. The number of carboxylic acids is 1. The third-order valence-electron chi connectivity index (χ3n) is 2.47. The van der Waals surface area contributed by atoms with Crippen molar-refractivity contribution in [2.75, 3.05) is 12.3 Å². The van der Waals surface area contributed by atoms with E-state index in [0.717, 1.165) is 5.75 Å². The van der Waals surface area contributed by atoms with E-state index in [-0.39, 0.29) is 21.4 Å². The highest BCUT2D eigenvalue weighted by Gasteiger charge is 2.19. The fourth-order valence-electron chi connectivity index (χ4n) is 1.61. The lowest BCUT2D eigenvalue weighted by Crippen LogP contribution is -2.30. The Kier molecular flexibility index (Phi) is 6.18. The fourth-order valence-corrected chi connectivity index (χ4v) is 2.63. The number of aromatic carboxylic acids is 1. The minimum atomic E-state index is -1.20. The molecule has 0 aromatic heterocycles. The maximum atomic E-state index is 12.0. The maximum absolute atomic E-state index is 12.0. The summed E-state index contributed by atoms with van der Waals surface area (Å²) < 4.78 is 0. The number of benzene rings is 1. The van der Waals surface area contributed by atoms with Gasteiger partial charge in [0.05, 0.1) is 16.1 Å². The number of hydrogen-bond donors (Lipinski definition) is 2. The lowest BCUT2D eigenvalue weighted by atomic mass is 10.1. The van der Waals surface area contributed by atoms with Crippen molar-refractivity contribution in [3.05, 3.63) is 34.3 Å². The van der Waals surface area contributed by atoms with Crippen LogP contribution in [0.3, 0.4) is 0 Å². The first kappa shape index (κ1) is 15.9. The molecule has 0 radical (unpaired) electrons. The minimum absolute atomic E-state index is 0.0659. The third kappa shape index (κ3) is 4.44. The summed E-state index contributed by atoms with van der Waals surface area (Å²) in [6.07, 6.45) is 0. The zero-order valence-corrected chi connectivity index (χ0v) is 12.3. The van der Waals surface area contributed by atoms with Gasteiger partial charge >= 0.3 is 5.97 Å². The SMILES string of the molecule is CCSC(C)CNC(=O)c1cccc(Cl)c1C(=O)O. The number of halogens is 1. The normalized spacial score (nSPS) is 11.9. The predicted molar refractivity (Wildman–Crippen MR) is 78.3 cm³/mol. The van der Waals surface area contributed by atoms with E-state index in [1.165, 1.54) is 12.1 Å². The van der Waals surface area contributed by atoms with Crippen molar-refractivity contribution in [1.82, 2.24) is 5.32 Å². The quantitative estimate of drug-likeness (QED) is 0.848. The highest BCUT2D eigenvalue weighted by molar-refractivity contribution is 7.99. The van der Waals surface area contributed by atoms with E-state index in [2.05, 4.69) is 5.32 Å². The number of rotatable bonds is 6. The van der Waals surface area contributed by atoms with Crippen LogP contribution in [0.5, 0.6) is 0 Å². The maximum Gasteiger partial charge on any atom is 0.338 e. The lowest BCUT2D eigenvalue weighted by molar-refractivity contribution is 0.0691. The minimum Gasteiger partial charge on any atom is -0.478 e. The number of carbonyl (C=O) groups is 2. The highest BCUT2D eigenvalue weighted by atomic mass is 35.5. The number of carboxylic acid groups (broad SMARTS) is 1. The van der Waals surface area contributed by atoms with Crippen molar-refractivity contribution in [1.29, 1.82) is 0 Å². The summed E-state index contributed by atoms with van der Waals surface area (Å²) in [6.45, 7) is 4.54. The van der Waals surface area contributed by atoms with Crippen LogP contribution in [0, 0.1) is 0 Å². The first-order chi connectivity index (χ1) is 8.97. The molecule has 1 unspecified atom stereocenters. The summed E-state index contributed by atoms with van der Waals surface area (Å²) in [6, 6.07) is 4.48. The molecule has 6 heteroatoms. The standard InChI is InChI=1S/C13H16ClNO3S/c1-3-19-8(2)7-15-12(16)9-5-4-6-10(14)11(9)13(17)18/h4-6,8H,3,7H2,1-2H3,(H,15,16)(H,17,18). The van der Waals surface area contributed by atoms with Crippen LogP contribution in [-0.4, -0.2) is 34.5 Å². The topological polar surface area (TPSA) is 66.4 Å². The van der Waals surface area contributed by atoms with Crippen molar-refractivity contribution in [3.8, 4) is 0 Å². The number of carbonyl (C=O) groups excluding carboxylic acids is 1. The molecule has 1 aromatic carbocycles. The average Bonchev–Trinajstić information content (AvgIpc) is 2.35. The van der Waals surface area contributed by atoms with Gasteiger partial charge in [0.2, 0.25) is 0 Å². The Bertz CT molecular complexity index is 479. The molecular formula is C13H16ClNO3S. The van der Waals surface area contributed by atoms with Crippen LogP contribution in [0.1, 0.15) is 34.6 Å². The number of amides is 1. The zero-order chi connectivity index (χ0) is 14.4. The molecule has 0 spiro atoms. The molecule has 0 aliphatic heterocycles. The average molecular weight is 302 g/mol. The molecule has 1 aromatic rings. The van der Waals surface area contributed by atoms with Crippen molar-refractivity contribution in [3.63, 3.8) is 0 Å². The summed E-state index contributed by atoms with van der Waals surface area (Å²) in [5.41, 5.74) is -0.0637.